The molecule has 2 aromatic rings. The van der Waals surface area contributed by atoms with Crippen molar-refractivity contribution in [1.29, 1.82) is 0 Å². The number of nitrogens with zero attached hydrogens (tertiary/aromatic N) is 1. The number of aromatic amines is 1. The van der Waals surface area contributed by atoms with Gasteiger partial charge in [-0.25, -0.2) is 13.8 Å². The molecule has 1 aromatic heterocycles. The molecule has 1 atom stereocenters. The van der Waals surface area contributed by atoms with E-state index < -0.39 is 11.6 Å². The summed E-state index contributed by atoms with van der Waals surface area (Å²) in [5.41, 5.74) is 1.06. The molecule has 1 fully saturated rings. The molecule has 0 radical (unpaired) electrons. The summed E-state index contributed by atoms with van der Waals surface area (Å²) in [6.07, 6.45) is 4.35. The van der Waals surface area contributed by atoms with Gasteiger partial charge in [0.1, 0.15) is 5.82 Å². The second-order valence-electron chi connectivity index (χ2n) is 5.22. The van der Waals surface area contributed by atoms with E-state index in [0.717, 1.165) is 37.8 Å². The number of piperidine rings is 1. The number of imidazole rings is 1. The van der Waals surface area contributed by atoms with Crippen molar-refractivity contribution in [2.75, 3.05) is 13.1 Å². The van der Waals surface area contributed by atoms with Crippen molar-refractivity contribution in [3.8, 4) is 0 Å². The number of halogens is 2. The Balaban J connectivity index is 1.70. The normalized spacial score (nSPS) is 20.0. The van der Waals surface area contributed by atoms with Crippen LogP contribution in [0.4, 0.5) is 8.78 Å². The Morgan fingerprint density at radius 2 is 2.11 bits per heavy atom. The quantitative estimate of drug-likeness (QED) is 0.896. The Labute approximate surface area is 110 Å². The fourth-order valence-electron chi connectivity index (χ4n) is 2.69. The summed E-state index contributed by atoms with van der Waals surface area (Å²) in [7, 11) is 0. The Bertz CT molecular complexity index is 534. The Morgan fingerprint density at radius 1 is 1.26 bits per heavy atom. The summed E-state index contributed by atoms with van der Waals surface area (Å²) in [6, 6.07) is 2.32. The van der Waals surface area contributed by atoms with Crippen molar-refractivity contribution in [2.24, 2.45) is 5.92 Å². The molecule has 3 rings (SSSR count). The zero-order valence-corrected chi connectivity index (χ0v) is 10.7. The molecule has 1 aliphatic rings. The molecule has 5 heteroatoms. The van der Waals surface area contributed by atoms with E-state index in [0.29, 0.717) is 17.0 Å². The highest BCUT2D eigenvalue weighted by atomic mass is 19.2. The molecule has 0 saturated carbocycles. The van der Waals surface area contributed by atoms with Crippen molar-refractivity contribution in [1.82, 2.24) is 15.3 Å². The zero-order valence-electron chi connectivity index (χ0n) is 10.7. The third-order valence-electron chi connectivity index (χ3n) is 3.76. The number of H-pyrrole nitrogens is 1. The van der Waals surface area contributed by atoms with Crippen molar-refractivity contribution in [2.45, 2.75) is 25.7 Å². The van der Waals surface area contributed by atoms with E-state index in [4.69, 9.17) is 0 Å². The van der Waals surface area contributed by atoms with E-state index in [2.05, 4.69) is 15.3 Å². The van der Waals surface area contributed by atoms with Crippen LogP contribution in [0.3, 0.4) is 0 Å². The van der Waals surface area contributed by atoms with Gasteiger partial charge in [-0.2, -0.15) is 0 Å². The van der Waals surface area contributed by atoms with Gasteiger partial charge < -0.3 is 10.3 Å². The first-order valence-corrected chi connectivity index (χ1v) is 6.77. The summed E-state index contributed by atoms with van der Waals surface area (Å²) >= 11 is 0. The maximum atomic E-state index is 13.1. The highest BCUT2D eigenvalue weighted by molar-refractivity contribution is 5.75. The van der Waals surface area contributed by atoms with Crippen LogP contribution in [-0.4, -0.2) is 23.1 Å². The summed E-state index contributed by atoms with van der Waals surface area (Å²) < 4.78 is 26.2. The number of benzene rings is 1. The molecule has 19 heavy (non-hydrogen) atoms. The number of rotatable bonds is 3. The topological polar surface area (TPSA) is 40.7 Å². The molecule has 0 aliphatic carbocycles. The molecule has 0 spiro atoms. The lowest BCUT2D eigenvalue weighted by Gasteiger charge is -2.22. The molecule has 102 valence electrons. The number of fused-ring (bicyclic) bond motifs is 1. The van der Waals surface area contributed by atoms with Gasteiger partial charge in [0.05, 0.1) is 11.0 Å². The van der Waals surface area contributed by atoms with Crippen LogP contribution < -0.4 is 5.32 Å². The maximum absolute atomic E-state index is 13.1. The largest absolute Gasteiger partial charge is 0.342 e. The number of aryl methyl sites for hydroxylation is 1. The maximum Gasteiger partial charge on any atom is 0.161 e. The number of nitrogens with one attached hydrogen (secondary N) is 2. The average molecular weight is 265 g/mol. The van der Waals surface area contributed by atoms with Crippen LogP contribution in [0.5, 0.6) is 0 Å². The van der Waals surface area contributed by atoms with Crippen LogP contribution in [0.25, 0.3) is 11.0 Å². The van der Waals surface area contributed by atoms with Gasteiger partial charge in [-0.3, -0.25) is 0 Å². The second-order valence-corrected chi connectivity index (χ2v) is 5.22. The lowest BCUT2D eigenvalue weighted by molar-refractivity contribution is 0.356. The molecule has 0 amide bonds. The van der Waals surface area contributed by atoms with E-state index in [9.17, 15) is 8.78 Å². The third kappa shape index (κ3) is 2.76. The van der Waals surface area contributed by atoms with Gasteiger partial charge in [-0.05, 0) is 38.3 Å². The monoisotopic (exact) mass is 265 g/mol. The van der Waals surface area contributed by atoms with Crippen molar-refractivity contribution >= 4 is 11.0 Å². The third-order valence-corrected chi connectivity index (χ3v) is 3.76. The molecule has 1 aromatic carbocycles. The zero-order chi connectivity index (χ0) is 13.2. The lowest BCUT2D eigenvalue weighted by Crippen LogP contribution is -2.29. The van der Waals surface area contributed by atoms with Gasteiger partial charge in [-0.1, -0.05) is 0 Å². The Morgan fingerprint density at radius 3 is 2.89 bits per heavy atom. The average Bonchev–Trinajstić information content (AvgIpc) is 2.80. The molecule has 2 N–H and O–H groups in total. The van der Waals surface area contributed by atoms with Gasteiger partial charge in [0.25, 0.3) is 0 Å². The second kappa shape index (κ2) is 5.25. The van der Waals surface area contributed by atoms with E-state index in [-0.39, 0.29) is 0 Å². The van der Waals surface area contributed by atoms with Gasteiger partial charge >= 0.3 is 0 Å². The first-order valence-electron chi connectivity index (χ1n) is 6.77. The van der Waals surface area contributed by atoms with Gasteiger partial charge in [0.2, 0.25) is 0 Å². The van der Waals surface area contributed by atoms with Crippen LogP contribution >= 0.6 is 0 Å². The van der Waals surface area contributed by atoms with Crippen LogP contribution in [0.1, 0.15) is 25.1 Å². The predicted octanol–water partition coefficient (Wildman–Crippen LogP) is 2.77. The standard InChI is InChI=1S/C14H17F2N3/c15-10-6-12-13(7-11(10)16)19-14(18-12)4-3-9-2-1-5-17-8-9/h6-7,9,17H,1-5,8H2,(H,18,19). The van der Waals surface area contributed by atoms with Gasteiger partial charge in [0, 0.05) is 18.6 Å². The Kier molecular flexibility index (Phi) is 3.46. The van der Waals surface area contributed by atoms with Gasteiger partial charge in [-0.15, -0.1) is 0 Å². The first-order chi connectivity index (χ1) is 9.22. The molecule has 1 saturated heterocycles. The molecule has 3 nitrogen and oxygen atoms in total. The molecule has 1 aliphatic heterocycles. The van der Waals surface area contributed by atoms with E-state index >= 15 is 0 Å². The molecule has 1 unspecified atom stereocenters. The minimum absolute atomic E-state index is 0.496. The van der Waals surface area contributed by atoms with Crippen molar-refractivity contribution < 1.29 is 8.78 Å². The van der Waals surface area contributed by atoms with E-state index in [1.807, 2.05) is 0 Å². The van der Waals surface area contributed by atoms with Crippen LogP contribution in [0, 0.1) is 17.6 Å². The minimum atomic E-state index is -0.845. The van der Waals surface area contributed by atoms with Crippen molar-refractivity contribution in [3.05, 3.63) is 29.6 Å². The molecule has 0 bridgehead atoms. The highest BCUT2D eigenvalue weighted by Gasteiger charge is 2.14. The smallest absolute Gasteiger partial charge is 0.161 e. The molecule has 2 heterocycles. The summed E-state index contributed by atoms with van der Waals surface area (Å²) in [6.45, 7) is 2.17. The molecular formula is C14H17F2N3. The van der Waals surface area contributed by atoms with E-state index in [1.165, 1.54) is 18.9 Å². The fourth-order valence-corrected chi connectivity index (χ4v) is 2.69. The van der Waals surface area contributed by atoms with Crippen LogP contribution in [0.2, 0.25) is 0 Å². The van der Waals surface area contributed by atoms with Crippen LogP contribution in [-0.2, 0) is 6.42 Å². The first kappa shape index (κ1) is 12.5. The highest BCUT2D eigenvalue weighted by Crippen LogP contribution is 2.19. The van der Waals surface area contributed by atoms with E-state index in [1.54, 1.807) is 0 Å². The number of aromatic nitrogens is 2. The summed E-state index contributed by atoms with van der Waals surface area (Å²) in [4.78, 5) is 7.38. The van der Waals surface area contributed by atoms with Crippen LogP contribution in [0.15, 0.2) is 12.1 Å². The summed E-state index contributed by atoms with van der Waals surface area (Å²) in [5, 5.41) is 3.38. The summed E-state index contributed by atoms with van der Waals surface area (Å²) in [5.74, 6) is -0.192. The van der Waals surface area contributed by atoms with Gasteiger partial charge in [0.15, 0.2) is 11.6 Å². The minimum Gasteiger partial charge on any atom is -0.342 e. The SMILES string of the molecule is Fc1cc2nc(CCC3CCCNC3)[nH]c2cc1F. The number of hydrogen-bond donors (Lipinski definition) is 2. The Hall–Kier alpha value is -1.49. The number of hydrogen-bond acceptors (Lipinski definition) is 2. The molecular weight excluding hydrogens is 248 g/mol. The van der Waals surface area contributed by atoms with Crippen molar-refractivity contribution in [3.63, 3.8) is 0 Å². The fraction of sp³-hybridized carbons (Fsp3) is 0.500. The predicted molar refractivity (Wildman–Crippen MR) is 69.9 cm³/mol. The lowest BCUT2D eigenvalue weighted by atomic mass is 9.95.